The fourth-order valence-electron chi connectivity index (χ4n) is 1.99. The Labute approximate surface area is 130 Å². The summed E-state index contributed by atoms with van der Waals surface area (Å²) in [5.74, 6) is 1.16. The lowest BCUT2D eigenvalue weighted by atomic mass is 9.94. The second-order valence-corrected chi connectivity index (χ2v) is 5.08. The lowest BCUT2D eigenvalue weighted by Gasteiger charge is -2.26. The largest absolute Gasteiger partial charge is 0.507 e. The molecule has 0 heterocycles. The average Bonchev–Trinajstić information content (AvgIpc) is 2.52. The number of nitrogens with one attached hydrogen (secondary N) is 1. The van der Waals surface area contributed by atoms with Gasteiger partial charge in [0.1, 0.15) is 16.9 Å². The van der Waals surface area contributed by atoms with E-state index in [4.69, 9.17) is 11.2 Å². The number of carbonyl (C=O) groups excluding carboxylic acids is 2. The Hall–Kier alpha value is -2.48. The van der Waals surface area contributed by atoms with Gasteiger partial charge in [-0.3, -0.25) is 4.79 Å². The lowest BCUT2D eigenvalue weighted by Crippen LogP contribution is -2.48. The van der Waals surface area contributed by atoms with Crippen LogP contribution in [-0.4, -0.2) is 29.1 Å². The maximum atomic E-state index is 11.9. The first kappa shape index (κ1) is 17.6. The van der Waals surface area contributed by atoms with E-state index in [1.54, 1.807) is 13.0 Å². The van der Waals surface area contributed by atoms with Crippen LogP contribution in [0.2, 0.25) is 0 Å². The van der Waals surface area contributed by atoms with Crippen molar-refractivity contribution in [2.75, 3.05) is 6.61 Å². The van der Waals surface area contributed by atoms with Gasteiger partial charge >= 0.3 is 5.97 Å². The van der Waals surface area contributed by atoms with Gasteiger partial charge in [-0.2, -0.15) is 0 Å². The van der Waals surface area contributed by atoms with E-state index in [0.717, 1.165) is 5.56 Å². The standard InChI is InChI=1S/C17H21NO4/c1-5-17(6-2,7-3)18-15(20)11-22-16(21)13-10-12(4)8-9-14(13)19/h1,8-10,19H,6-7,11H2,2-4H3,(H,18,20). The first-order valence-corrected chi connectivity index (χ1v) is 7.13. The first-order valence-electron chi connectivity index (χ1n) is 7.13. The fourth-order valence-corrected chi connectivity index (χ4v) is 1.99. The molecule has 0 aromatic heterocycles. The number of carbonyl (C=O) groups is 2. The van der Waals surface area contributed by atoms with Gasteiger partial charge in [0.25, 0.3) is 5.91 Å². The SMILES string of the molecule is C#CC(CC)(CC)NC(=O)COC(=O)c1cc(C)ccc1O. The summed E-state index contributed by atoms with van der Waals surface area (Å²) in [7, 11) is 0. The van der Waals surface area contributed by atoms with Gasteiger partial charge in [-0.15, -0.1) is 6.42 Å². The van der Waals surface area contributed by atoms with Gasteiger partial charge in [-0.05, 0) is 31.9 Å². The number of rotatable bonds is 6. The number of aryl methyl sites for hydroxylation is 1. The molecule has 1 amide bonds. The van der Waals surface area contributed by atoms with Crippen LogP contribution in [0, 0.1) is 19.3 Å². The predicted octanol–water partition coefficient (Wildman–Crippen LogP) is 2.17. The normalized spacial score (nSPS) is 10.6. The van der Waals surface area contributed by atoms with Gasteiger partial charge in [-0.25, -0.2) is 4.79 Å². The van der Waals surface area contributed by atoms with E-state index in [1.807, 2.05) is 13.8 Å². The van der Waals surface area contributed by atoms with Crippen LogP contribution in [0.15, 0.2) is 18.2 Å². The zero-order chi connectivity index (χ0) is 16.8. The summed E-state index contributed by atoms with van der Waals surface area (Å²) in [6.07, 6.45) is 6.62. The molecule has 0 atom stereocenters. The number of benzene rings is 1. The monoisotopic (exact) mass is 303 g/mol. The summed E-state index contributed by atoms with van der Waals surface area (Å²) in [4.78, 5) is 23.8. The predicted molar refractivity (Wildman–Crippen MR) is 83.4 cm³/mol. The van der Waals surface area contributed by atoms with Gasteiger partial charge < -0.3 is 15.2 Å². The van der Waals surface area contributed by atoms with Crippen molar-refractivity contribution in [1.29, 1.82) is 0 Å². The molecule has 0 saturated carbocycles. The molecule has 0 bridgehead atoms. The molecule has 5 heteroatoms. The highest BCUT2D eigenvalue weighted by Gasteiger charge is 2.26. The van der Waals surface area contributed by atoms with Gasteiger partial charge in [0.05, 0.1) is 0 Å². The number of phenols is 1. The molecule has 2 N–H and O–H groups in total. The molecular weight excluding hydrogens is 282 g/mol. The van der Waals surface area contributed by atoms with Crippen molar-refractivity contribution in [1.82, 2.24) is 5.32 Å². The lowest BCUT2D eigenvalue weighted by molar-refractivity contribution is -0.125. The molecule has 0 fully saturated rings. The molecule has 0 aliphatic carbocycles. The van der Waals surface area contributed by atoms with E-state index in [9.17, 15) is 14.7 Å². The molecule has 5 nitrogen and oxygen atoms in total. The van der Waals surface area contributed by atoms with Crippen molar-refractivity contribution in [2.24, 2.45) is 0 Å². The molecule has 0 spiro atoms. The van der Waals surface area contributed by atoms with E-state index < -0.39 is 24.0 Å². The van der Waals surface area contributed by atoms with Gasteiger partial charge in [0.15, 0.2) is 6.61 Å². The summed E-state index contributed by atoms with van der Waals surface area (Å²) in [5.41, 5.74) is 0.106. The van der Waals surface area contributed by atoms with Crippen molar-refractivity contribution in [3.05, 3.63) is 29.3 Å². The zero-order valence-corrected chi connectivity index (χ0v) is 13.1. The van der Waals surface area contributed by atoms with Crippen LogP contribution >= 0.6 is 0 Å². The Balaban J connectivity index is 2.66. The topological polar surface area (TPSA) is 75.6 Å². The second kappa shape index (κ2) is 7.51. The van der Waals surface area contributed by atoms with Crippen molar-refractivity contribution in [3.8, 4) is 18.1 Å². The third-order valence-corrected chi connectivity index (χ3v) is 3.57. The number of phenolic OH excluding ortho intramolecular Hbond substituents is 1. The van der Waals surface area contributed by atoms with Gasteiger partial charge in [0, 0.05) is 0 Å². The number of ether oxygens (including phenoxy) is 1. The van der Waals surface area contributed by atoms with Crippen LogP contribution in [0.5, 0.6) is 5.75 Å². The highest BCUT2D eigenvalue weighted by Crippen LogP contribution is 2.19. The van der Waals surface area contributed by atoms with Gasteiger partial charge in [-0.1, -0.05) is 31.4 Å². The van der Waals surface area contributed by atoms with Crippen LogP contribution in [0.4, 0.5) is 0 Å². The third kappa shape index (κ3) is 4.26. The Morgan fingerprint density at radius 2 is 2.00 bits per heavy atom. The van der Waals surface area contributed by atoms with Crippen LogP contribution in [0.1, 0.15) is 42.6 Å². The minimum atomic E-state index is -0.754. The van der Waals surface area contributed by atoms with Crippen molar-refractivity contribution in [2.45, 2.75) is 39.2 Å². The third-order valence-electron chi connectivity index (χ3n) is 3.57. The highest BCUT2D eigenvalue weighted by molar-refractivity contribution is 5.94. The Kier molecular flexibility index (Phi) is 6.00. The molecule has 0 aliphatic rings. The van der Waals surface area contributed by atoms with Crippen LogP contribution in [-0.2, 0) is 9.53 Å². The summed E-state index contributed by atoms with van der Waals surface area (Å²) in [5, 5.41) is 12.3. The second-order valence-electron chi connectivity index (χ2n) is 5.08. The first-order chi connectivity index (χ1) is 10.4. The summed E-state index contributed by atoms with van der Waals surface area (Å²) in [6, 6.07) is 4.57. The molecule has 1 aromatic carbocycles. The Morgan fingerprint density at radius 3 is 2.55 bits per heavy atom. The Bertz CT molecular complexity index is 597. The molecule has 1 rings (SSSR count). The number of hydrogen-bond acceptors (Lipinski definition) is 4. The van der Waals surface area contributed by atoms with Crippen LogP contribution < -0.4 is 5.32 Å². The van der Waals surface area contributed by atoms with E-state index >= 15 is 0 Å². The minimum Gasteiger partial charge on any atom is -0.507 e. The Morgan fingerprint density at radius 1 is 1.36 bits per heavy atom. The molecular formula is C17H21NO4. The maximum absolute atomic E-state index is 11.9. The number of aromatic hydroxyl groups is 1. The number of esters is 1. The van der Waals surface area contributed by atoms with Crippen molar-refractivity contribution >= 4 is 11.9 Å². The number of hydrogen-bond donors (Lipinski definition) is 2. The maximum Gasteiger partial charge on any atom is 0.342 e. The van der Waals surface area contributed by atoms with Crippen molar-refractivity contribution in [3.63, 3.8) is 0 Å². The zero-order valence-electron chi connectivity index (χ0n) is 13.1. The molecule has 0 saturated heterocycles. The van der Waals surface area contributed by atoms with Crippen LogP contribution in [0.25, 0.3) is 0 Å². The molecule has 1 aromatic rings. The van der Waals surface area contributed by atoms with E-state index in [1.165, 1.54) is 12.1 Å². The van der Waals surface area contributed by atoms with Crippen molar-refractivity contribution < 1.29 is 19.4 Å². The average molecular weight is 303 g/mol. The van der Waals surface area contributed by atoms with Crippen LogP contribution in [0.3, 0.4) is 0 Å². The fraction of sp³-hybridized carbons (Fsp3) is 0.412. The molecule has 118 valence electrons. The molecule has 22 heavy (non-hydrogen) atoms. The van der Waals surface area contributed by atoms with Gasteiger partial charge in [0.2, 0.25) is 0 Å². The number of amides is 1. The van der Waals surface area contributed by atoms with E-state index in [2.05, 4.69) is 11.2 Å². The minimum absolute atomic E-state index is 0.0296. The summed E-state index contributed by atoms with van der Waals surface area (Å²) < 4.78 is 4.93. The number of terminal acetylenes is 1. The summed E-state index contributed by atoms with van der Waals surface area (Å²) in [6.45, 7) is 5.09. The van der Waals surface area contributed by atoms with E-state index in [0.29, 0.717) is 12.8 Å². The van der Waals surface area contributed by atoms with E-state index in [-0.39, 0.29) is 11.3 Å². The molecule has 0 aliphatic heterocycles. The smallest absolute Gasteiger partial charge is 0.342 e. The molecule has 0 unspecified atom stereocenters. The molecule has 0 radical (unpaired) electrons. The summed E-state index contributed by atoms with van der Waals surface area (Å²) >= 11 is 0. The quantitative estimate of drug-likeness (QED) is 0.624. The highest BCUT2D eigenvalue weighted by atomic mass is 16.5.